The predicted molar refractivity (Wildman–Crippen MR) is 88.9 cm³/mol. The Morgan fingerprint density at radius 1 is 1.42 bits per heavy atom. The summed E-state index contributed by atoms with van der Waals surface area (Å²) in [7, 11) is 1.54. The van der Waals surface area contributed by atoms with Gasteiger partial charge in [0, 0.05) is 24.5 Å². The van der Waals surface area contributed by atoms with Crippen molar-refractivity contribution in [3.8, 4) is 11.5 Å². The predicted octanol–water partition coefficient (Wildman–Crippen LogP) is 2.26. The molecule has 128 valence electrons. The molecule has 2 rings (SSSR count). The van der Waals surface area contributed by atoms with Gasteiger partial charge < -0.3 is 19.1 Å². The lowest BCUT2D eigenvalue weighted by molar-refractivity contribution is -0.137. The van der Waals surface area contributed by atoms with Gasteiger partial charge in [-0.25, -0.2) is 0 Å². The number of rotatable bonds is 7. The molecule has 0 radical (unpaired) electrons. The van der Waals surface area contributed by atoms with Gasteiger partial charge in [0.05, 0.1) is 20.3 Å². The molecule has 8 nitrogen and oxygen atoms in total. The van der Waals surface area contributed by atoms with E-state index in [2.05, 4.69) is 10.0 Å². The van der Waals surface area contributed by atoms with E-state index in [0.29, 0.717) is 37.8 Å². The summed E-state index contributed by atoms with van der Waals surface area (Å²) in [5, 5.41) is 3.43. The van der Waals surface area contributed by atoms with E-state index in [-0.39, 0.29) is 19.1 Å². The summed E-state index contributed by atoms with van der Waals surface area (Å²) in [4.78, 5) is 16.5. The van der Waals surface area contributed by atoms with Crippen LogP contribution in [0.3, 0.4) is 0 Å². The molecule has 0 atom stereocenters. The number of morpholine rings is 1. The van der Waals surface area contributed by atoms with Crippen molar-refractivity contribution in [2.24, 2.45) is 5.11 Å². The number of methoxy groups -OCH3 is 1. The Hall–Kier alpha value is -2.70. The van der Waals surface area contributed by atoms with Crippen molar-refractivity contribution in [2.45, 2.75) is 0 Å². The summed E-state index contributed by atoms with van der Waals surface area (Å²) < 4.78 is 16.1. The standard InChI is InChI=1S/C16H20N4O4/c1-22-15-11-13(3-2-6-18-19-17)4-5-14(15)24-12-16(21)20-7-9-23-10-8-20/h2-5,11H,6-10,12H2,1H3. The molecule has 0 aliphatic carbocycles. The molecule has 8 heteroatoms. The average Bonchev–Trinajstić information content (AvgIpc) is 2.64. The van der Waals surface area contributed by atoms with Gasteiger partial charge in [-0.1, -0.05) is 23.3 Å². The number of carbonyl (C=O) groups is 1. The first-order valence-electron chi connectivity index (χ1n) is 7.58. The SMILES string of the molecule is COc1cc(C=CCN=[N+]=[N-])ccc1OCC(=O)N1CCOCC1. The van der Waals surface area contributed by atoms with Crippen molar-refractivity contribution in [1.82, 2.24) is 4.90 Å². The molecule has 1 saturated heterocycles. The molecule has 0 aromatic heterocycles. The summed E-state index contributed by atoms with van der Waals surface area (Å²) in [5.41, 5.74) is 9.11. The zero-order valence-electron chi connectivity index (χ0n) is 13.6. The highest BCUT2D eigenvalue weighted by Gasteiger charge is 2.17. The van der Waals surface area contributed by atoms with Gasteiger partial charge in [-0.3, -0.25) is 4.79 Å². The maximum atomic E-state index is 12.1. The maximum absolute atomic E-state index is 12.1. The number of carbonyl (C=O) groups excluding carboxylic acids is 1. The zero-order chi connectivity index (χ0) is 17.2. The second-order valence-electron chi connectivity index (χ2n) is 5.01. The van der Waals surface area contributed by atoms with Crippen molar-refractivity contribution in [3.63, 3.8) is 0 Å². The summed E-state index contributed by atoms with van der Waals surface area (Å²) in [5.74, 6) is 0.973. The normalized spacial score (nSPS) is 14.3. The lowest BCUT2D eigenvalue weighted by Gasteiger charge is -2.26. The van der Waals surface area contributed by atoms with Crippen molar-refractivity contribution in [1.29, 1.82) is 0 Å². The Morgan fingerprint density at radius 3 is 2.92 bits per heavy atom. The van der Waals surface area contributed by atoms with Crippen molar-refractivity contribution < 1.29 is 19.0 Å². The number of nitrogens with zero attached hydrogens (tertiary/aromatic N) is 4. The summed E-state index contributed by atoms with van der Waals surface area (Å²) >= 11 is 0. The fourth-order valence-electron chi connectivity index (χ4n) is 2.22. The molecular weight excluding hydrogens is 312 g/mol. The largest absolute Gasteiger partial charge is 0.493 e. The van der Waals surface area contributed by atoms with E-state index in [1.54, 1.807) is 30.2 Å². The second-order valence-corrected chi connectivity index (χ2v) is 5.01. The first-order chi connectivity index (χ1) is 11.7. The van der Waals surface area contributed by atoms with Crippen LogP contribution in [0, 0.1) is 0 Å². The third kappa shape index (κ3) is 5.19. The van der Waals surface area contributed by atoms with Crippen LogP contribution in [0.1, 0.15) is 5.56 Å². The Morgan fingerprint density at radius 2 is 2.21 bits per heavy atom. The number of amides is 1. The first-order valence-corrected chi connectivity index (χ1v) is 7.58. The fraction of sp³-hybridized carbons (Fsp3) is 0.438. The molecule has 1 aromatic rings. The Kier molecular flexibility index (Phi) is 6.94. The quantitative estimate of drug-likeness (QED) is 0.434. The zero-order valence-corrected chi connectivity index (χ0v) is 13.6. The second kappa shape index (κ2) is 9.44. The van der Waals surface area contributed by atoms with E-state index in [0.717, 1.165) is 5.56 Å². The fourth-order valence-corrected chi connectivity index (χ4v) is 2.22. The van der Waals surface area contributed by atoms with Crippen molar-refractivity contribution in [3.05, 3.63) is 40.3 Å². The van der Waals surface area contributed by atoms with Crippen LogP contribution in [-0.4, -0.2) is 57.4 Å². The van der Waals surface area contributed by atoms with Gasteiger partial charge in [0.15, 0.2) is 18.1 Å². The Bertz CT molecular complexity index is 635. The maximum Gasteiger partial charge on any atom is 0.260 e. The monoisotopic (exact) mass is 332 g/mol. The van der Waals surface area contributed by atoms with Crippen LogP contribution >= 0.6 is 0 Å². The molecule has 0 unspecified atom stereocenters. The van der Waals surface area contributed by atoms with Crippen LogP contribution < -0.4 is 9.47 Å². The average molecular weight is 332 g/mol. The molecule has 24 heavy (non-hydrogen) atoms. The smallest absolute Gasteiger partial charge is 0.260 e. The van der Waals surface area contributed by atoms with Gasteiger partial charge in [0.25, 0.3) is 5.91 Å². The Balaban J connectivity index is 1.95. The van der Waals surface area contributed by atoms with E-state index >= 15 is 0 Å². The molecule has 0 saturated carbocycles. The number of benzene rings is 1. The molecule has 1 aromatic carbocycles. The van der Waals surface area contributed by atoms with Crippen LogP contribution in [-0.2, 0) is 9.53 Å². The van der Waals surface area contributed by atoms with Gasteiger partial charge >= 0.3 is 0 Å². The molecule has 1 heterocycles. The third-order valence-corrected chi connectivity index (χ3v) is 3.46. The molecule has 0 spiro atoms. The Labute approximate surface area is 140 Å². The highest BCUT2D eigenvalue weighted by atomic mass is 16.5. The van der Waals surface area contributed by atoms with Gasteiger partial charge in [0.2, 0.25) is 0 Å². The topological polar surface area (TPSA) is 96.8 Å². The molecule has 1 aliphatic heterocycles. The molecule has 0 bridgehead atoms. The van der Waals surface area contributed by atoms with Gasteiger partial charge in [-0.15, -0.1) is 0 Å². The van der Waals surface area contributed by atoms with Gasteiger partial charge in [-0.05, 0) is 23.2 Å². The van der Waals surface area contributed by atoms with Crippen LogP contribution in [0.25, 0.3) is 16.5 Å². The minimum atomic E-state index is -0.0707. The van der Waals surface area contributed by atoms with Crippen molar-refractivity contribution >= 4 is 12.0 Å². The van der Waals surface area contributed by atoms with E-state index in [4.69, 9.17) is 19.7 Å². The van der Waals surface area contributed by atoms with Crippen LogP contribution in [0.15, 0.2) is 29.4 Å². The number of hydrogen-bond acceptors (Lipinski definition) is 5. The highest BCUT2D eigenvalue weighted by molar-refractivity contribution is 5.78. The van der Waals surface area contributed by atoms with E-state index < -0.39 is 0 Å². The molecule has 1 amide bonds. The summed E-state index contributed by atoms with van der Waals surface area (Å²) in [6.45, 7) is 2.55. The van der Waals surface area contributed by atoms with E-state index in [1.165, 1.54) is 0 Å². The van der Waals surface area contributed by atoms with E-state index in [1.807, 2.05) is 12.1 Å². The lowest BCUT2D eigenvalue weighted by atomic mass is 10.2. The molecule has 1 fully saturated rings. The molecule has 1 aliphatic rings. The highest BCUT2D eigenvalue weighted by Crippen LogP contribution is 2.28. The van der Waals surface area contributed by atoms with Crippen molar-refractivity contribution in [2.75, 3.05) is 46.6 Å². The minimum Gasteiger partial charge on any atom is -0.493 e. The van der Waals surface area contributed by atoms with Crippen LogP contribution in [0.4, 0.5) is 0 Å². The molecular formula is C16H20N4O4. The number of ether oxygens (including phenoxy) is 3. The van der Waals surface area contributed by atoms with Crippen LogP contribution in [0.2, 0.25) is 0 Å². The lowest BCUT2D eigenvalue weighted by Crippen LogP contribution is -2.43. The van der Waals surface area contributed by atoms with Crippen LogP contribution in [0.5, 0.6) is 11.5 Å². The van der Waals surface area contributed by atoms with Gasteiger partial charge in [-0.2, -0.15) is 0 Å². The summed E-state index contributed by atoms with van der Waals surface area (Å²) in [6.07, 6.45) is 3.57. The van der Waals surface area contributed by atoms with Gasteiger partial charge in [0.1, 0.15) is 0 Å². The minimum absolute atomic E-state index is 0.0393. The number of azide groups is 1. The van der Waals surface area contributed by atoms with E-state index in [9.17, 15) is 4.79 Å². The molecule has 0 N–H and O–H groups in total. The third-order valence-electron chi connectivity index (χ3n) is 3.46. The number of hydrogen-bond donors (Lipinski definition) is 0. The first kappa shape index (κ1) is 17.7. The summed E-state index contributed by atoms with van der Waals surface area (Å²) in [6, 6.07) is 5.38.